The summed E-state index contributed by atoms with van der Waals surface area (Å²) in [6.45, 7) is 0. The highest BCUT2D eigenvalue weighted by atomic mass is 16.5. The van der Waals surface area contributed by atoms with Crippen LogP contribution in [0.15, 0.2) is 182 Å². The van der Waals surface area contributed by atoms with Gasteiger partial charge in [-0.05, 0) is 64.7 Å². The molecule has 12 rings (SSSR count). The van der Waals surface area contributed by atoms with E-state index < -0.39 is 5.41 Å². The van der Waals surface area contributed by atoms with Gasteiger partial charge >= 0.3 is 0 Å². The van der Waals surface area contributed by atoms with Gasteiger partial charge in [-0.2, -0.15) is 0 Å². The van der Waals surface area contributed by atoms with Gasteiger partial charge in [0.25, 0.3) is 0 Å². The van der Waals surface area contributed by atoms with Crippen LogP contribution in [-0.2, 0) is 5.41 Å². The van der Waals surface area contributed by atoms with E-state index in [2.05, 4.69) is 191 Å². The molecular formula is C49H30N2O. The quantitative estimate of drug-likeness (QED) is 0.180. The normalized spacial score (nSPS) is 15.5. The molecule has 0 saturated carbocycles. The molecule has 4 heterocycles. The Morgan fingerprint density at radius 1 is 0.385 bits per heavy atom. The first-order chi connectivity index (χ1) is 25.8. The van der Waals surface area contributed by atoms with E-state index in [1.54, 1.807) is 0 Å². The monoisotopic (exact) mass is 662 g/mol. The number of fused-ring (bicyclic) bond motifs is 15. The first-order valence-electron chi connectivity index (χ1n) is 17.9. The molecule has 1 spiro atoms. The highest BCUT2D eigenvalue weighted by Crippen LogP contribution is 2.62. The minimum atomic E-state index is -0.612. The van der Waals surface area contributed by atoms with E-state index in [-0.39, 0.29) is 0 Å². The summed E-state index contributed by atoms with van der Waals surface area (Å²) < 4.78 is 12.1. The van der Waals surface area contributed by atoms with Crippen molar-refractivity contribution in [1.82, 2.24) is 9.13 Å². The van der Waals surface area contributed by atoms with Gasteiger partial charge in [0.2, 0.25) is 0 Å². The van der Waals surface area contributed by atoms with Gasteiger partial charge in [-0.1, -0.05) is 140 Å². The van der Waals surface area contributed by atoms with Crippen molar-refractivity contribution in [2.45, 2.75) is 5.41 Å². The molecule has 0 bridgehead atoms. The lowest BCUT2D eigenvalue weighted by Crippen LogP contribution is -2.37. The number of aromatic nitrogens is 2. The Hall–Kier alpha value is -6.84. The van der Waals surface area contributed by atoms with Gasteiger partial charge in [0.15, 0.2) is 0 Å². The summed E-state index contributed by atoms with van der Waals surface area (Å²) in [4.78, 5) is 0. The second kappa shape index (κ2) is 10.1. The molecule has 0 radical (unpaired) electrons. The third kappa shape index (κ3) is 3.40. The van der Waals surface area contributed by atoms with Gasteiger partial charge in [-0.15, -0.1) is 0 Å². The van der Waals surface area contributed by atoms with E-state index in [0.29, 0.717) is 0 Å². The largest absolute Gasteiger partial charge is 0.456 e. The molecule has 2 aromatic heterocycles. The molecule has 10 aromatic rings. The predicted molar refractivity (Wildman–Crippen MR) is 212 cm³/mol. The van der Waals surface area contributed by atoms with Gasteiger partial charge in [0.05, 0.1) is 38.6 Å². The fourth-order valence-corrected chi connectivity index (χ4v) is 9.54. The molecule has 242 valence electrons. The lowest BCUT2D eigenvalue weighted by atomic mass is 9.61. The second-order valence-corrected chi connectivity index (χ2v) is 14.0. The maximum atomic E-state index is 7.19. The number of hydrogen-bond acceptors (Lipinski definition) is 1. The van der Waals surface area contributed by atoms with Crippen molar-refractivity contribution in [2.75, 3.05) is 0 Å². The Labute approximate surface area is 300 Å². The summed E-state index contributed by atoms with van der Waals surface area (Å²) in [6.07, 6.45) is 0. The van der Waals surface area contributed by atoms with Gasteiger partial charge in [0, 0.05) is 33.0 Å². The maximum Gasteiger partial charge on any atom is 0.142 e. The molecule has 1 unspecified atom stereocenters. The van der Waals surface area contributed by atoms with Crippen molar-refractivity contribution in [1.29, 1.82) is 0 Å². The summed E-state index contributed by atoms with van der Waals surface area (Å²) in [5, 5.41) is 4.84. The van der Waals surface area contributed by atoms with E-state index in [1.807, 2.05) is 0 Å². The number of benzene rings is 8. The van der Waals surface area contributed by atoms with Gasteiger partial charge < -0.3 is 13.9 Å². The van der Waals surface area contributed by atoms with Crippen molar-refractivity contribution in [2.24, 2.45) is 0 Å². The average Bonchev–Trinajstić information content (AvgIpc) is 3.74. The molecule has 0 amide bonds. The highest BCUT2D eigenvalue weighted by molar-refractivity contribution is 6.15. The Morgan fingerprint density at radius 2 is 1.02 bits per heavy atom. The SMILES string of the molecule is c1ccc(-c2ccc(-n3c4ccccc4c4c5c(ccc43)C3(c4ccccc4O5)c4ccccc4-n4c5ccccc5c5cccc3c54)cc2)cc1. The summed E-state index contributed by atoms with van der Waals surface area (Å²) in [5.74, 6) is 1.81. The smallest absolute Gasteiger partial charge is 0.142 e. The molecular weight excluding hydrogens is 633 g/mol. The lowest BCUT2D eigenvalue weighted by Gasteiger charge is -2.45. The van der Waals surface area contributed by atoms with Crippen molar-refractivity contribution < 1.29 is 4.74 Å². The summed E-state index contributed by atoms with van der Waals surface area (Å²) >= 11 is 0. The first kappa shape index (κ1) is 27.9. The third-order valence-electron chi connectivity index (χ3n) is 11.6. The Bertz CT molecular complexity index is 3090. The van der Waals surface area contributed by atoms with Crippen molar-refractivity contribution in [3.8, 4) is 34.0 Å². The van der Waals surface area contributed by atoms with Crippen molar-refractivity contribution >= 4 is 43.6 Å². The molecule has 2 aliphatic rings. The number of nitrogens with zero attached hydrogens (tertiary/aromatic N) is 2. The minimum absolute atomic E-state index is 0.612. The van der Waals surface area contributed by atoms with Crippen LogP contribution in [0.5, 0.6) is 11.5 Å². The fourth-order valence-electron chi connectivity index (χ4n) is 9.54. The molecule has 0 saturated heterocycles. The minimum Gasteiger partial charge on any atom is -0.456 e. The molecule has 3 nitrogen and oxygen atoms in total. The van der Waals surface area contributed by atoms with Gasteiger partial charge in [-0.3, -0.25) is 0 Å². The Morgan fingerprint density at radius 3 is 1.87 bits per heavy atom. The standard InChI is InChI=1S/C49H30N2O/c1-2-13-31(14-3-1)32-25-27-33(28-26-32)50-42-22-9-5-16-36(42)46-44(50)30-29-40-48(46)52-45-24-11-7-19-38(45)49(40)37-18-6-10-23-43(37)51-41-21-8-4-15-34(41)35-17-12-20-39(49)47(35)51/h1-30H. The van der Waals surface area contributed by atoms with E-state index in [1.165, 1.54) is 60.7 Å². The third-order valence-corrected chi connectivity index (χ3v) is 11.6. The average molecular weight is 663 g/mol. The van der Waals surface area contributed by atoms with Crippen LogP contribution in [0.1, 0.15) is 22.3 Å². The van der Waals surface area contributed by atoms with Crippen LogP contribution in [0.25, 0.3) is 66.1 Å². The molecule has 0 aliphatic carbocycles. The zero-order chi connectivity index (χ0) is 34.0. The van der Waals surface area contributed by atoms with Crippen LogP contribution >= 0.6 is 0 Å². The summed E-state index contributed by atoms with van der Waals surface area (Å²) in [5.41, 5.74) is 13.7. The second-order valence-electron chi connectivity index (χ2n) is 14.0. The number of para-hydroxylation sites is 5. The van der Waals surface area contributed by atoms with Crippen LogP contribution in [-0.4, -0.2) is 9.13 Å². The van der Waals surface area contributed by atoms with Gasteiger partial charge in [0.1, 0.15) is 11.5 Å². The number of ether oxygens (including phenoxy) is 1. The van der Waals surface area contributed by atoms with Crippen LogP contribution in [0.3, 0.4) is 0 Å². The van der Waals surface area contributed by atoms with Crippen LogP contribution in [0.2, 0.25) is 0 Å². The lowest BCUT2D eigenvalue weighted by molar-refractivity contribution is 0.439. The van der Waals surface area contributed by atoms with Crippen molar-refractivity contribution in [3.05, 3.63) is 204 Å². The Kier molecular flexibility index (Phi) is 5.43. The predicted octanol–water partition coefficient (Wildman–Crippen LogP) is 12.3. The van der Waals surface area contributed by atoms with Crippen LogP contribution < -0.4 is 4.74 Å². The molecule has 2 aliphatic heterocycles. The molecule has 1 atom stereocenters. The summed E-state index contributed by atoms with van der Waals surface area (Å²) in [6, 6.07) is 66.3. The van der Waals surface area contributed by atoms with Crippen molar-refractivity contribution in [3.63, 3.8) is 0 Å². The molecule has 3 heteroatoms. The maximum absolute atomic E-state index is 7.19. The molecule has 52 heavy (non-hydrogen) atoms. The van der Waals surface area contributed by atoms with E-state index in [9.17, 15) is 0 Å². The van der Waals surface area contributed by atoms with Gasteiger partial charge in [-0.25, -0.2) is 0 Å². The fraction of sp³-hybridized carbons (Fsp3) is 0.0204. The van der Waals surface area contributed by atoms with Crippen LogP contribution in [0.4, 0.5) is 0 Å². The molecule has 8 aromatic carbocycles. The number of hydrogen-bond donors (Lipinski definition) is 0. The van der Waals surface area contributed by atoms with Crippen LogP contribution in [0, 0.1) is 0 Å². The molecule has 0 N–H and O–H groups in total. The van der Waals surface area contributed by atoms with E-state index in [4.69, 9.17) is 4.74 Å². The van der Waals surface area contributed by atoms with E-state index in [0.717, 1.165) is 39.2 Å². The summed E-state index contributed by atoms with van der Waals surface area (Å²) in [7, 11) is 0. The first-order valence-corrected chi connectivity index (χ1v) is 17.9. The zero-order valence-corrected chi connectivity index (χ0v) is 28.1. The topological polar surface area (TPSA) is 19.1 Å². The Balaban J connectivity index is 1.21. The zero-order valence-electron chi connectivity index (χ0n) is 28.1. The molecule has 0 fully saturated rings. The highest BCUT2D eigenvalue weighted by Gasteiger charge is 2.50. The number of rotatable bonds is 2. The van der Waals surface area contributed by atoms with E-state index >= 15 is 0 Å².